The van der Waals surface area contributed by atoms with Gasteiger partial charge in [-0.3, -0.25) is 4.79 Å². The molecular formula is C15H15IN2O3. The number of primary amides is 1. The Morgan fingerprint density at radius 2 is 1.90 bits per heavy atom. The number of hydrogen-bond acceptors (Lipinski definition) is 4. The van der Waals surface area contributed by atoms with E-state index in [-0.39, 0.29) is 5.75 Å². The zero-order chi connectivity index (χ0) is 15.4. The molecule has 2 aromatic carbocycles. The van der Waals surface area contributed by atoms with Gasteiger partial charge in [0.25, 0.3) is 0 Å². The third kappa shape index (κ3) is 4.33. The van der Waals surface area contributed by atoms with Gasteiger partial charge in [-0.1, -0.05) is 6.07 Å². The van der Waals surface area contributed by atoms with Crippen molar-refractivity contribution in [1.82, 2.24) is 0 Å². The Hall–Kier alpha value is -1.80. The zero-order valence-electron chi connectivity index (χ0n) is 11.1. The van der Waals surface area contributed by atoms with Gasteiger partial charge in [-0.2, -0.15) is 0 Å². The minimum absolute atomic E-state index is 0.188. The van der Waals surface area contributed by atoms with Gasteiger partial charge < -0.3 is 21.3 Å². The topological polar surface area (TPSA) is 98.6 Å². The minimum atomic E-state index is -0.690. The van der Waals surface area contributed by atoms with Crippen LogP contribution < -0.4 is 16.2 Å². The number of halogens is 1. The molecule has 5 N–H and O–H groups in total. The molecule has 0 bridgehead atoms. The fourth-order valence-corrected chi connectivity index (χ4v) is 2.44. The maximum absolute atomic E-state index is 11.0. The van der Waals surface area contributed by atoms with Gasteiger partial charge in [0.1, 0.15) is 17.2 Å². The monoisotopic (exact) mass is 398 g/mol. The highest BCUT2D eigenvalue weighted by Crippen LogP contribution is 2.28. The Balaban J connectivity index is 2.12. The summed E-state index contributed by atoms with van der Waals surface area (Å²) in [6.07, 6.45) is 0.394. The molecule has 0 heterocycles. The van der Waals surface area contributed by atoms with Gasteiger partial charge in [0, 0.05) is 0 Å². The molecule has 0 fully saturated rings. The molecule has 6 heteroatoms. The summed E-state index contributed by atoms with van der Waals surface area (Å²) < 4.78 is 6.63. The van der Waals surface area contributed by atoms with Crippen LogP contribution in [0.2, 0.25) is 0 Å². The summed E-state index contributed by atoms with van der Waals surface area (Å²) in [4.78, 5) is 11.0. The maximum atomic E-state index is 11.0. The van der Waals surface area contributed by atoms with Crippen molar-refractivity contribution in [3.63, 3.8) is 0 Å². The summed E-state index contributed by atoms with van der Waals surface area (Å²) in [5.74, 6) is 0.993. The van der Waals surface area contributed by atoms with Crippen molar-refractivity contribution in [2.24, 2.45) is 11.5 Å². The second kappa shape index (κ2) is 6.77. The highest BCUT2D eigenvalue weighted by atomic mass is 127. The number of phenolic OH excluding ortho intramolecular Hbond substituents is 1. The number of amides is 1. The first-order valence-electron chi connectivity index (χ1n) is 6.26. The van der Waals surface area contributed by atoms with Crippen LogP contribution in [0.5, 0.6) is 17.2 Å². The molecule has 0 aromatic heterocycles. The lowest BCUT2D eigenvalue weighted by Gasteiger charge is -2.11. The van der Waals surface area contributed by atoms with E-state index in [1.54, 1.807) is 24.3 Å². The van der Waals surface area contributed by atoms with Crippen molar-refractivity contribution >= 4 is 28.5 Å². The van der Waals surface area contributed by atoms with Crippen LogP contribution in [0.15, 0.2) is 42.5 Å². The lowest BCUT2D eigenvalue weighted by Crippen LogP contribution is -2.38. The quantitative estimate of drug-likeness (QED) is 0.673. The van der Waals surface area contributed by atoms with E-state index in [4.69, 9.17) is 16.2 Å². The third-order valence-corrected chi connectivity index (χ3v) is 3.72. The molecule has 110 valence electrons. The van der Waals surface area contributed by atoms with E-state index >= 15 is 0 Å². The smallest absolute Gasteiger partial charge is 0.234 e. The Morgan fingerprint density at radius 3 is 2.48 bits per heavy atom. The highest BCUT2D eigenvalue weighted by molar-refractivity contribution is 14.1. The fraction of sp³-hybridized carbons (Fsp3) is 0.133. The van der Waals surface area contributed by atoms with E-state index in [1.165, 1.54) is 0 Å². The van der Waals surface area contributed by atoms with Gasteiger partial charge in [0.15, 0.2) is 0 Å². The molecule has 2 aromatic rings. The summed E-state index contributed by atoms with van der Waals surface area (Å²) in [6.45, 7) is 0. The van der Waals surface area contributed by atoms with E-state index in [9.17, 15) is 9.90 Å². The van der Waals surface area contributed by atoms with Crippen molar-refractivity contribution in [3.05, 3.63) is 51.6 Å². The van der Waals surface area contributed by atoms with E-state index in [1.807, 2.05) is 18.2 Å². The van der Waals surface area contributed by atoms with Gasteiger partial charge in [0.2, 0.25) is 5.91 Å². The zero-order valence-corrected chi connectivity index (χ0v) is 13.3. The van der Waals surface area contributed by atoms with Crippen molar-refractivity contribution in [1.29, 1.82) is 0 Å². The van der Waals surface area contributed by atoms with Crippen LogP contribution in [0.25, 0.3) is 0 Å². The molecule has 0 spiro atoms. The first-order valence-corrected chi connectivity index (χ1v) is 7.34. The molecule has 2 rings (SSSR count). The number of aromatic hydroxyl groups is 1. The molecule has 0 aliphatic rings. The van der Waals surface area contributed by atoms with Crippen LogP contribution in [-0.4, -0.2) is 17.1 Å². The average Bonchev–Trinajstić information content (AvgIpc) is 2.44. The molecule has 0 radical (unpaired) electrons. The van der Waals surface area contributed by atoms with Crippen LogP contribution in [0, 0.1) is 3.57 Å². The van der Waals surface area contributed by atoms with Crippen molar-refractivity contribution in [2.75, 3.05) is 0 Å². The van der Waals surface area contributed by atoms with E-state index < -0.39 is 11.9 Å². The van der Waals surface area contributed by atoms with Crippen molar-refractivity contribution in [2.45, 2.75) is 12.5 Å². The lowest BCUT2D eigenvalue weighted by molar-refractivity contribution is -0.119. The number of benzene rings is 2. The number of hydrogen-bond donors (Lipinski definition) is 3. The number of phenols is 1. The van der Waals surface area contributed by atoms with Gasteiger partial charge in [0.05, 0.1) is 9.61 Å². The molecular weight excluding hydrogens is 383 g/mol. The normalized spacial score (nSPS) is 11.9. The second-order valence-corrected chi connectivity index (χ2v) is 5.74. The number of rotatable bonds is 5. The predicted octanol–water partition coefficient (Wildman–Crippen LogP) is 2.14. The van der Waals surface area contributed by atoms with Gasteiger partial charge >= 0.3 is 0 Å². The summed E-state index contributed by atoms with van der Waals surface area (Å²) >= 11 is 2.15. The Bertz CT molecular complexity index is 644. The van der Waals surface area contributed by atoms with Crippen LogP contribution in [0.1, 0.15) is 5.56 Å². The SMILES string of the molecule is NC(=O)[C@@H](N)Cc1ccc(Oc2ccc(O)cc2)c(I)c1. The summed E-state index contributed by atoms with van der Waals surface area (Å²) in [5, 5.41) is 9.24. The first kappa shape index (κ1) is 15.6. The molecule has 21 heavy (non-hydrogen) atoms. The van der Waals surface area contributed by atoms with E-state index in [2.05, 4.69) is 22.6 Å². The summed E-state index contributed by atoms with van der Waals surface area (Å²) in [5.41, 5.74) is 11.7. The average molecular weight is 398 g/mol. The van der Waals surface area contributed by atoms with Gasteiger partial charge in [-0.25, -0.2) is 0 Å². The molecule has 0 aliphatic carbocycles. The molecule has 5 nitrogen and oxygen atoms in total. The predicted molar refractivity (Wildman–Crippen MR) is 88.2 cm³/mol. The Morgan fingerprint density at radius 1 is 1.24 bits per heavy atom. The first-order chi connectivity index (χ1) is 9.95. The Labute approximate surface area is 136 Å². The largest absolute Gasteiger partial charge is 0.508 e. The van der Waals surface area contributed by atoms with E-state index in [0.717, 1.165) is 9.13 Å². The number of nitrogens with two attached hydrogens (primary N) is 2. The van der Waals surface area contributed by atoms with Crippen LogP contribution in [0.4, 0.5) is 0 Å². The van der Waals surface area contributed by atoms with Gasteiger partial charge in [-0.15, -0.1) is 0 Å². The maximum Gasteiger partial charge on any atom is 0.234 e. The fourth-order valence-electron chi connectivity index (χ4n) is 1.75. The Kier molecular flexibility index (Phi) is 5.03. The lowest BCUT2D eigenvalue weighted by atomic mass is 10.1. The van der Waals surface area contributed by atoms with Crippen LogP contribution >= 0.6 is 22.6 Å². The molecule has 1 atom stereocenters. The summed E-state index contributed by atoms with van der Waals surface area (Å²) in [7, 11) is 0. The molecule has 1 amide bonds. The van der Waals surface area contributed by atoms with Crippen molar-refractivity contribution in [3.8, 4) is 17.2 Å². The minimum Gasteiger partial charge on any atom is -0.508 e. The highest BCUT2D eigenvalue weighted by Gasteiger charge is 2.11. The van der Waals surface area contributed by atoms with Crippen LogP contribution in [0.3, 0.4) is 0 Å². The van der Waals surface area contributed by atoms with E-state index in [0.29, 0.717) is 17.9 Å². The third-order valence-electron chi connectivity index (χ3n) is 2.88. The number of ether oxygens (including phenoxy) is 1. The van der Waals surface area contributed by atoms with Gasteiger partial charge in [-0.05, 0) is 71.0 Å². The van der Waals surface area contributed by atoms with Crippen LogP contribution in [-0.2, 0) is 11.2 Å². The molecule has 0 aliphatic heterocycles. The van der Waals surface area contributed by atoms with Crippen molar-refractivity contribution < 1.29 is 14.6 Å². The molecule has 0 saturated carbocycles. The second-order valence-electron chi connectivity index (χ2n) is 4.57. The number of carbonyl (C=O) groups is 1. The number of carbonyl (C=O) groups excluding carboxylic acids is 1. The standard InChI is InChI=1S/C15H15IN2O3/c16-12-7-9(8-13(17)15(18)20)1-6-14(12)21-11-4-2-10(19)3-5-11/h1-7,13,19H,8,17H2,(H2,18,20)/t13-/m0/s1. The molecule has 0 unspecified atom stereocenters. The summed E-state index contributed by atoms with van der Waals surface area (Å²) in [6, 6.07) is 11.4. The molecule has 0 saturated heterocycles.